The van der Waals surface area contributed by atoms with Crippen molar-refractivity contribution in [2.45, 2.75) is 84.0 Å². The number of esters is 1. The van der Waals surface area contributed by atoms with E-state index in [1.807, 2.05) is 18.9 Å². The van der Waals surface area contributed by atoms with E-state index >= 15 is 0 Å². The highest BCUT2D eigenvalue weighted by molar-refractivity contribution is 7.99. The van der Waals surface area contributed by atoms with Crippen molar-refractivity contribution in [2.75, 3.05) is 25.2 Å². The van der Waals surface area contributed by atoms with Gasteiger partial charge in [-0.1, -0.05) is 25.5 Å². The molecule has 1 aliphatic heterocycles. The maximum absolute atomic E-state index is 11.3. The van der Waals surface area contributed by atoms with Gasteiger partial charge in [0.25, 0.3) is 0 Å². The maximum Gasteiger partial charge on any atom is 0.306 e. The van der Waals surface area contributed by atoms with Crippen LogP contribution in [-0.4, -0.2) is 49.5 Å². The highest BCUT2D eigenvalue weighted by Crippen LogP contribution is 2.31. The summed E-state index contributed by atoms with van der Waals surface area (Å²) in [5, 5.41) is 0. The molecule has 0 amide bonds. The van der Waals surface area contributed by atoms with Gasteiger partial charge >= 0.3 is 5.97 Å². The van der Waals surface area contributed by atoms with E-state index in [4.69, 9.17) is 14.2 Å². The molecular weight excluding hydrogens is 360 g/mol. The molecule has 1 saturated carbocycles. The molecule has 2 aliphatic rings. The minimum Gasteiger partial charge on any atom is -0.461 e. The first-order chi connectivity index (χ1) is 13.0. The molecule has 0 aromatic rings. The largest absolute Gasteiger partial charge is 0.461 e. The molecule has 2 rings (SSSR count). The van der Waals surface area contributed by atoms with Crippen molar-refractivity contribution in [3.8, 4) is 0 Å². The number of carbonyl (C=O) groups excluding carboxylic acids is 1. The van der Waals surface area contributed by atoms with E-state index in [2.05, 4.69) is 26.8 Å². The Balaban J connectivity index is 1.60. The fourth-order valence-corrected chi connectivity index (χ4v) is 4.78. The van der Waals surface area contributed by atoms with Crippen molar-refractivity contribution in [1.29, 1.82) is 0 Å². The van der Waals surface area contributed by atoms with Crippen LogP contribution in [0.15, 0.2) is 11.6 Å². The Morgan fingerprint density at radius 3 is 2.81 bits per heavy atom. The predicted octanol–water partition coefficient (Wildman–Crippen LogP) is 5.01. The number of carbonyl (C=O) groups is 1. The molecule has 1 aliphatic carbocycles. The van der Waals surface area contributed by atoms with Crippen LogP contribution in [0, 0.1) is 11.8 Å². The molecule has 3 unspecified atom stereocenters. The fraction of sp³-hybridized carbons (Fsp3) is 0.864. The van der Waals surface area contributed by atoms with Crippen LogP contribution < -0.4 is 0 Å². The van der Waals surface area contributed by atoms with Crippen molar-refractivity contribution < 1.29 is 19.0 Å². The lowest BCUT2D eigenvalue weighted by molar-refractivity contribution is -0.152. The molecule has 5 heteroatoms. The maximum atomic E-state index is 11.3. The molecule has 4 atom stereocenters. The van der Waals surface area contributed by atoms with Crippen molar-refractivity contribution >= 4 is 17.7 Å². The van der Waals surface area contributed by atoms with Crippen LogP contribution in [0.1, 0.15) is 65.7 Å². The van der Waals surface area contributed by atoms with Crippen LogP contribution >= 0.6 is 11.8 Å². The highest BCUT2D eigenvalue weighted by Gasteiger charge is 2.30. The van der Waals surface area contributed by atoms with Crippen LogP contribution in [0.25, 0.3) is 0 Å². The average molecular weight is 399 g/mol. The minimum absolute atomic E-state index is 0.0326. The van der Waals surface area contributed by atoms with Gasteiger partial charge in [0.2, 0.25) is 0 Å². The van der Waals surface area contributed by atoms with Gasteiger partial charge in [0.15, 0.2) is 0 Å². The zero-order valence-electron chi connectivity index (χ0n) is 17.6. The van der Waals surface area contributed by atoms with Gasteiger partial charge < -0.3 is 14.2 Å². The number of thioether (sulfide) groups is 1. The predicted molar refractivity (Wildman–Crippen MR) is 112 cm³/mol. The standard InChI is InChI=1S/C22H38O4S/c1-16(2)17(3)13-18-9-10-20(21(14-18)24-4)25-11-6-12-27-15-19-7-5-8-22(23)26-19/h13,16,18-21H,5-12,14-15H2,1-4H3/b17-13+/t18?,19?,20?,21-/m1/s1. The molecule has 0 aromatic heterocycles. The molecular formula is C22H38O4S. The lowest BCUT2D eigenvalue weighted by Gasteiger charge is -2.34. The molecule has 2 fully saturated rings. The van der Waals surface area contributed by atoms with Crippen LogP contribution in [0.4, 0.5) is 0 Å². The Hall–Kier alpha value is -0.520. The third kappa shape index (κ3) is 8.16. The zero-order chi connectivity index (χ0) is 19.6. The van der Waals surface area contributed by atoms with Crippen LogP contribution in [0.5, 0.6) is 0 Å². The van der Waals surface area contributed by atoms with E-state index in [9.17, 15) is 4.79 Å². The number of cyclic esters (lactones) is 1. The number of allylic oxidation sites excluding steroid dienone is 2. The average Bonchev–Trinajstić information content (AvgIpc) is 2.65. The summed E-state index contributed by atoms with van der Waals surface area (Å²) >= 11 is 1.87. The molecule has 156 valence electrons. The van der Waals surface area contributed by atoms with E-state index in [1.54, 1.807) is 0 Å². The highest BCUT2D eigenvalue weighted by atomic mass is 32.2. The Morgan fingerprint density at radius 1 is 1.30 bits per heavy atom. The van der Waals surface area contributed by atoms with Crippen LogP contribution in [-0.2, 0) is 19.0 Å². The topological polar surface area (TPSA) is 44.8 Å². The van der Waals surface area contributed by atoms with Gasteiger partial charge in [-0.3, -0.25) is 4.79 Å². The molecule has 4 nitrogen and oxygen atoms in total. The number of hydrogen-bond donors (Lipinski definition) is 0. The van der Waals surface area contributed by atoms with Gasteiger partial charge in [-0.15, -0.1) is 0 Å². The first kappa shape index (κ1) is 22.8. The quantitative estimate of drug-likeness (QED) is 0.294. The second-order valence-corrected chi connectivity index (χ2v) is 9.40. The summed E-state index contributed by atoms with van der Waals surface area (Å²) in [6.07, 6.45) is 9.93. The van der Waals surface area contributed by atoms with Gasteiger partial charge in [0, 0.05) is 25.9 Å². The summed E-state index contributed by atoms with van der Waals surface area (Å²) in [7, 11) is 1.81. The Morgan fingerprint density at radius 2 is 2.11 bits per heavy atom. The van der Waals surface area contributed by atoms with E-state index in [1.165, 1.54) is 12.0 Å². The summed E-state index contributed by atoms with van der Waals surface area (Å²) in [6.45, 7) is 7.53. The van der Waals surface area contributed by atoms with Crippen molar-refractivity contribution in [3.63, 3.8) is 0 Å². The Bertz CT molecular complexity index is 477. The Labute approximate surface area is 169 Å². The van der Waals surface area contributed by atoms with Gasteiger partial charge in [0.05, 0.1) is 12.2 Å². The van der Waals surface area contributed by atoms with Crippen LogP contribution in [0.3, 0.4) is 0 Å². The Kier molecular flexibility index (Phi) is 10.2. The molecule has 1 heterocycles. The number of rotatable bonds is 10. The third-order valence-corrected chi connectivity index (χ3v) is 6.94. The minimum atomic E-state index is -0.0326. The first-order valence-corrected chi connectivity index (χ1v) is 11.7. The van der Waals surface area contributed by atoms with Crippen molar-refractivity contribution in [2.24, 2.45) is 11.8 Å². The van der Waals surface area contributed by atoms with E-state index in [0.717, 1.165) is 50.2 Å². The van der Waals surface area contributed by atoms with Gasteiger partial charge in [0.1, 0.15) is 6.10 Å². The normalized spacial score (nSPS) is 29.8. The lowest BCUT2D eigenvalue weighted by atomic mass is 9.83. The van der Waals surface area contributed by atoms with Crippen molar-refractivity contribution in [3.05, 3.63) is 11.6 Å². The molecule has 1 saturated heterocycles. The van der Waals surface area contributed by atoms with Gasteiger partial charge in [-0.2, -0.15) is 11.8 Å². The van der Waals surface area contributed by atoms with Crippen molar-refractivity contribution in [1.82, 2.24) is 0 Å². The third-order valence-electron chi connectivity index (χ3n) is 5.76. The molecule has 0 radical (unpaired) electrons. The fourth-order valence-electron chi connectivity index (χ4n) is 3.79. The second kappa shape index (κ2) is 12.1. The summed E-state index contributed by atoms with van der Waals surface area (Å²) < 4.78 is 17.2. The summed E-state index contributed by atoms with van der Waals surface area (Å²) in [5.74, 6) is 3.17. The van der Waals surface area contributed by atoms with Crippen LogP contribution in [0.2, 0.25) is 0 Å². The molecule has 0 aromatic carbocycles. The van der Waals surface area contributed by atoms with Gasteiger partial charge in [-0.05, 0) is 63.0 Å². The first-order valence-electron chi connectivity index (χ1n) is 10.6. The number of hydrogen-bond acceptors (Lipinski definition) is 5. The zero-order valence-corrected chi connectivity index (χ0v) is 18.4. The number of ether oxygens (including phenoxy) is 3. The smallest absolute Gasteiger partial charge is 0.306 e. The summed E-state index contributed by atoms with van der Waals surface area (Å²) in [5.41, 5.74) is 1.48. The summed E-state index contributed by atoms with van der Waals surface area (Å²) in [6, 6.07) is 0. The monoisotopic (exact) mass is 398 g/mol. The summed E-state index contributed by atoms with van der Waals surface area (Å²) in [4.78, 5) is 11.3. The molecule has 0 bridgehead atoms. The van der Waals surface area contributed by atoms with E-state index in [-0.39, 0.29) is 24.3 Å². The number of methoxy groups -OCH3 is 1. The van der Waals surface area contributed by atoms with E-state index in [0.29, 0.717) is 18.3 Å². The molecule has 0 N–H and O–H groups in total. The molecule has 0 spiro atoms. The second-order valence-electron chi connectivity index (χ2n) is 8.25. The SMILES string of the molecule is CO[C@@H]1CC(/C=C(\C)C(C)C)CCC1OCCCSCC1CCCC(=O)O1. The van der Waals surface area contributed by atoms with Gasteiger partial charge in [-0.25, -0.2) is 0 Å². The molecule has 27 heavy (non-hydrogen) atoms. The lowest BCUT2D eigenvalue weighted by Crippen LogP contribution is -2.37. The van der Waals surface area contributed by atoms with E-state index < -0.39 is 0 Å².